The lowest BCUT2D eigenvalue weighted by atomic mass is 10.2. The van der Waals surface area contributed by atoms with Crippen LogP contribution in [0.15, 0.2) is 0 Å². The van der Waals surface area contributed by atoms with Crippen LogP contribution in [-0.2, 0) is 14.4 Å². The number of hydrogen-bond donors (Lipinski definition) is 1. The minimum Gasteiger partial charge on any atom is -0.333 e. The van der Waals surface area contributed by atoms with E-state index >= 15 is 0 Å². The van der Waals surface area contributed by atoms with Crippen LogP contribution in [-0.4, -0.2) is 52.8 Å². The lowest BCUT2D eigenvalue weighted by molar-refractivity contribution is -0.141. The molecule has 94 valence electrons. The largest absolute Gasteiger partial charge is 0.333 e. The molecule has 2 heterocycles. The number of nitrogens with zero attached hydrogens (tertiary/aromatic N) is 2. The molecule has 2 aliphatic rings. The van der Waals surface area contributed by atoms with Gasteiger partial charge in [-0.05, 0) is 20.3 Å². The number of carbonyl (C=O) groups is 3. The molecule has 0 aliphatic carbocycles. The maximum absolute atomic E-state index is 12.0. The van der Waals surface area contributed by atoms with Crippen molar-refractivity contribution < 1.29 is 14.4 Å². The highest BCUT2D eigenvalue weighted by molar-refractivity contribution is 5.92. The van der Waals surface area contributed by atoms with Crippen molar-refractivity contribution in [1.82, 2.24) is 15.1 Å². The minimum atomic E-state index is -0.656. The molecular formula is C11H17N3O3. The number of likely N-dealkylation sites (tertiary alicyclic amines) is 1. The molecule has 2 rings (SSSR count). The molecule has 0 aromatic carbocycles. The van der Waals surface area contributed by atoms with E-state index in [1.807, 2.05) is 0 Å². The van der Waals surface area contributed by atoms with Crippen LogP contribution in [0.3, 0.4) is 0 Å². The normalized spacial score (nSPS) is 23.2. The first-order valence-electron chi connectivity index (χ1n) is 5.79. The van der Waals surface area contributed by atoms with Crippen molar-refractivity contribution in [1.29, 1.82) is 0 Å². The molecule has 0 aromatic heterocycles. The first-order valence-corrected chi connectivity index (χ1v) is 5.79. The fourth-order valence-electron chi connectivity index (χ4n) is 2.31. The maximum atomic E-state index is 12.0. The Hall–Kier alpha value is -1.59. The summed E-state index contributed by atoms with van der Waals surface area (Å²) < 4.78 is 0. The second-order valence-electron chi connectivity index (χ2n) is 5.01. The van der Waals surface area contributed by atoms with Gasteiger partial charge >= 0.3 is 0 Å². The fraction of sp³-hybridized carbons (Fsp3) is 0.727. The third kappa shape index (κ3) is 2.25. The first-order chi connectivity index (χ1) is 7.90. The van der Waals surface area contributed by atoms with Gasteiger partial charge < -0.3 is 15.1 Å². The van der Waals surface area contributed by atoms with Crippen LogP contribution in [0, 0.1) is 0 Å². The van der Waals surface area contributed by atoms with Crippen LogP contribution in [0.25, 0.3) is 0 Å². The average molecular weight is 239 g/mol. The monoisotopic (exact) mass is 239 g/mol. The third-order valence-electron chi connectivity index (χ3n) is 3.22. The third-order valence-corrected chi connectivity index (χ3v) is 3.22. The molecule has 1 N–H and O–H groups in total. The Morgan fingerprint density at radius 1 is 1.41 bits per heavy atom. The molecule has 0 bridgehead atoms. The van der Waals surface area contributed by atoms with Gasteiger partial charge in [0, 0.05) is 13.0 Å². The van der Waals surface area contributed by atoms with E-state index in [4.69, 9.17) is 0 Å². The van der Waals surface area contributed by atoms with Gasteiger partial charge in [0.2, 0.25) is 17.7 Å². The highest BCUT2D eigenvalue weighted by Crippen LogP contribution is 2.18. The zero-order valence-corrected chi connectivity index (χ0v) is 10.2. The van der Waals surface area contributed by atoms with Gasteiger partial charge in [-0.3, -0.25) is 14.4 Å². The van der Waals surface area contributed by atoms with Crippen molar-refractivity contribution in [3.05, 3.63) is 0 Å². The zero-order chi connectivity index (χ0) is 12.6. The van der Waals surface area contributed by atoms with Gasteiger partial charge in [-0.25, -0.2) is 0 Å². The number of rotatable bonds is 2. The van der Waals surface area contributed by atoms with E-state index in [2.05, 4.69) is 5.32 Å². The van der Waals surface area contributed by atoms with Crippen molar-refractivity contribution in [2.45, 2.75) is 32.4 Å². The van der Waals surface area contributed by atoms with Crippen LogP contribution < -0.4 is 5.32 Å². The van der Waals surface area contributed by atoms with E-state index in [1.54, 1.807) is 18.7 Å². The van der Waals surface area contributed by atoms with Crippen molar-refractivity contribution in [2.75, 3.05) is 19.6 Å². The molecule has 0 radical (unpaired) electrons. The van der Waals surface area contributed by atoms with Gasteiger partial charge in [-0.15, -0.1) is 0 Å². The van der Waals surface area contributed by atoms with Crippen LogP contribution in [0.4, 0.5) is 0 Å². The quantitative estimate of drug-likeness (QED) is 0.693. The second-order valence-corrected chi connectivity index (χ2v) is 5.01. The van der Waals surface area contributed by atoms with Crippen LogP contribution >= 0.6 is 0 Å². The predicted molar refractivity (Wildman–Crippen MR) is 59.7 cm³/mol. The zero-order valence-electron chi connectivity index (χ0n) is 10.2. The van der Waals surface area contributed by atoms with Crippen molar-refractivity contribution in [3.63, 3.8) is 0 Å². The molecule has 2 aliphatic heterocycles. The van der Waals surface area contributed by atoms with E-state index in [1.165, 1.54) is 4.90 Å². The van der Waals surface area contributed by atoms with Crippen molar-refractivity contribution in [3.8, 4) is 0 Å². The standard InChI is InChI=1S/C11H17N3O3/c1-11(2)12-8(15)6-14(11)10(17)7-13-5-3-4-9(13)16/h3-7H2,1-2H3,(H,12,15). The molecule has 0 unspecified atom stereocenters. The number of carbonyl (C=O) groups excluding carboxylic acids is 3. The Bertz CT molecular complexity index is 378. The summed E-state index contributed by atoms with van der Waals surface area (Å²) in [6.07, 6.45) is 1.33. The lowest BCUT2D eigenvalue weighted by Crippen LogP contribution is -2.52. The number of hydrogen-bond acceptors (Lipinski definition) is 3. The summed E-state index contributed by atoms with van der Waals surface area (Å²) in [7, 11) is 0. The molecule has 0 atom stereocenters. The Morgan fingerprint density at radius 2 is 2.12 bits per heavy atom. The molecule has 2 fully saturated rings. The summed E-state index contributed by atoms with van der Waals surface area (Å²) in [5, 5.41) is 2.72. The van der Waals surface area contributed by atoms with Gasteiger partial charge in [-0.1, -0.05) is 0 Å². The van der Waals surface area contributed by atoms with E-state index in [9.17, 15) is 14.4 Å². The molecular weight excluding hydrogens is 222 g/mol. The summed E-state index contributed by atoms with van der Waals surface area (Å²) in [5.41, 5.74) is -0.656. The van der Waals surface area contributed by atoms with E-state index < -0.39 is 5.66 Å². The summed E-state index contributed by atoms with van der Waals surface area (Å²) in [6.45, 7) is 4.36. The minimum absolute atomic E-state index is 0.0228. The maximum Gasteiger partial charge on any atom is 0.244 e. The molecule has 3 amide bonds. The lowest BCUT2D eigenvalue weighted by Gasteiger charge is -2.31. The molecule has 6 nitrogen and oxygen atoms in total. The molecule has 6 heteroatoms. The van der Waals surface area contributed by atoms with Crippen molar-refractivity contribution >= 4 is 17.7 Å². The Balaban J connectivity index is 2.00. The van der Waals surface area contributed by atoms with Crippen LogP contribution in [0.5, 0.6) is 0 Å². The second kappa shape index (κ2) is 4.01. The Kier molecular flexibility index (Phi) is 2.81. The number of amides is 3. The Morgan fingerprint density at radius 3 is 2.59 bits per heavy atom. The SMILES string of the molecule is CC1(C)NC(=O)CN1C(=O)CN1CCCC1=O. The van der Waals surface area contributed by atoms with Gasteiger partial charge in [-0.2, -0.15) is 0 Å². The highest BCUT2D eigenvalue weighted by atomic mass is 16.2. The van der Waals surface area contributed by atoms with E-state index in [0.717, 1.165) is 6.42 Å². The van der Waals surface area contributed by atoms with Gasteiger partial charge in [0.05, 0.1) is 6.54 Å². The van der Waals surface area contributed by atoms with E-state index in [-0.39, 0.29) is 30.8 Å². The summed E-state index contributed by atoms with van der Waals surface area (Å²) in [4.78, 5) is 37.8. The molecule has 0 spiro atoms. The van der Waals surface area contributed by atoms with Gasteiger partial charge in [0.1, 0.15) is 12.2 Å². The number of nitrogens with one attached hydrogen (secondary N) is 1. The predicted octanol–water partition coefficient (Wildman–Crippen LogP) is -0.697. The summed E-state index contributed by atoms with van der Waals surface area (Å²) in [6, 6.07) is 0. The molecule has 17 heavy (non-hydrogen) atoms. The van der Waals surface area contributed by atoms with Gasteiger partial charge in [0.15, 0.2) is 0 Å². The topological polar surface area (TPSA) is 69.7 Å². The fourth-order valence-corrected chi connectivity index (χ4v) is 2.31. The van der Waals surface area contributed by atoms with Crippen LogP contribution in [0.1, 0.15) is 26.7 Å². The average Bonchev–Trinajstić information content (AvgIpc) is 2.70. The van der Waals surface area contributed by atoms with Crippen molar-refractivity contribution in [2.24, 2.45) is 0 Å². The molecule has 2 saturated heterocycles. The molecule has 0 aromatic rings. The van der Waals surface area contributed by atoms with Gasteiger partial charge in [0.25, 0.3) is 0 Å². The highest BCUT2D eigenvalue weighted by Gasteiger charge is 2.40. The summed E-state index contributed by atoms with van der Waals surface area (Å²) in [5.74, 6) is -0.311. The van der Waals surface area contributed by atoms with Crippen LogP contribution in [0.2, 0.25) is 0 Å². The summed E-state index contributed by atoms with van der Waals surface area (Å²) >= 11 is 0. The Labute approximate surface area is 99.9 Å². The van der Waals surface area contributed by atoms with E-state index in [0.29, 0.717) is 13.0 Å². The molecule has 0 saturated carbocycles. The smallest absolute Gasteiger partial charge is 0.244 e. The first kappa shape index (κ1) is 11.9.